The lowest BCUT2D eigenvalue weighted by Crippen LogP contribution is -2.23. The normalized spacial score (nSPS) is 12.1. The summed E-state index contributed by atoms with van der Waals surface area (Å²) in [7, 11) is 0. The molecule has 6 rings (SSSR count). The second kappa shape index (κ2) is 11.9. The van der Waals surface area contributed by atoms with Crippen molar-refractivity contribution in [2.45, 2.75) is 19.8 Å². The molecule has 0 saturated heterocycles. The zero-order chi connectivity index (χ0) is 29.1. The van der Waals surface area contributed by atoms with Crippen molar-refractivity contribution < 1.29 is 13.5 Å². The van der Waals surface area contributed by atoms with E-state index in [4.69, 9.17) is 9.84 Å². The first-order valence-corrected chi connectivity index (χ1v) is 14.2. The van der Waals surface area contributed by atoms with Crippen LogP contribution >= 0.6 is 11.3 Å². The van der Waals surface area contributed by atoms with E-state index in [0.717, 1.165) is 24.1 Å². The molecular formula is C32H25F2N5O2S. The number of thiazole rings is 1. The highest BCUT2D eigenvalue weighted by Crippen LogP contribution is 2.29. The Hall–Kier alpha value is -4.96. The van der Waals surface area contributed by atoms with E-state index in [1.807, 2.05) is 37.3 Å². The van der Waals surface area contributed by atoms with Crippen LogP contribution in [0.25, 0.3) is 40.1 Å². The first-order chi connectivity index (χ1) is 20.5. The molecule has 0 radical (unpaired) electrons. The predicted octanol–water partition coefficient (Wildman–Crippen LogP) is 6.18. The molecule has 210 valence electrons. The van der Waals surface area contributed by atoms with Gasteiger partial charge in [0.2, 0.25) is 4.96 Å². The Morgan fingerprint density at radius 3 is 2.52 bits per heavy atom. The van der Waals surface area contributed by atoms with E-state index in [1.54, 1.807) is 53.4 Å². The Balaban J connectivity index is 1.37. The molecule has 0 fully saturated rings. The summed E-state index contributed by atoms with van der Waals surface area (Å²) in [4.78, 5) is 18.2. The molecule has 0 N–H and O–H groups in total. The average Bonchev–Trinajstić information content (AvgIpc) is 3.69. The van der Waals surface area contributed by atoms with Gasteiger partial charge in [0.05, 0.1) is 16.8 Å². The highest BCUT2D eigenvalue weighted by Gasteiger charge is 2.16. The maximum atomic E-state index is 15.0. The number of ether oxygens (including phenoxy) is 1. The summed E-state index contributed by atoms with van der Waals surface area (Å²) in [5.41, 5.74) is 2.98. The molecule has 3 heterocycles. The van der Waals surface area contributed by atoms with Gasteiger partial charge in [-0.1, -0.05) is 61.1 Å². The van der Waals surface area contributed by atoms with E-state index in [-0.39, 0.29) is 17.1 Å². The molecule has 0 saturated carbocycles. The largest absolute Gasteiger partial charge is 0.491 e. The van der Waals surface area contributed by atoms with Gasteiger partial charge in [0, 0.05) is 17.3 Å². The van der Waals surface area contributed by atoms with Crippen molar-refractivity contribution in [3.8, 4) is 22.7 Å². The Labute approximate surface area is 243 Å². The lowest BCUT2D eigenvalue weighted by molar-refractivity contribution is 0.294. The molecule has 0 spiro atoms. The summed E-state index contributed by atoms with van der Waals surface area (Å²) in [6.45, 7) is 2.49. The lowest BCUT2D eigenvalue weighted by Gasteiger charge is -2.08. The van der Waals surface area contributed by atoms with Crippen molar-refractivity contribution in [1.29, 1.82) is 0 Å². The smallest absolute Gasteiger partial charge is 0.291 e. The minimum absolute atomic E-state index is 0.192. The molecule has 42 heavy (non-hydrogen) atoms. The number of para-hydroxylation sites is 1. The molecule has 0 bridgehead atoms. The van der Waals surface area contributed by atoms with Crippen molar-refractivity contribution in [1.82, 2.24) is 24.4 Å². The minimum atomic E-state index is -0.478. The number of halogens is 2. The van der Waals surface area contributed by atoms with Crippen molar-refractivity contribution in [2.24, 2.45) is 0 Å². The number of hydrogen-bond donors (Lipinski definition) is 0. The summed E-state index contributed by atoms with van der Waals surface area (Å²) < 4.78 is 37.1. The van der Waals surface area contributed by atoms with Crippen LogP contribution < -0.4 is 14.8 Å². The van der Waals surface area contributed by atoms with Gasteiger partial charge < -0.3 is 4.74 Å². The molecule has 0 atom stereocenters. The topological polar surface area (TPSA) is 74.3 Å². The zero-order valence-electron chi connectivity index (χ0n) is 22.6. The highest BCUT2D eigenvalue weighted by molar-refractivity contribution is 7.15. The van der Waals surface area contributed by atoms with Gasteiger partial charge in [-0.05, 0) is 66.6 Å². The third-order valence-corrected chi connectivity index (χ3v) is 7.46. The minimum Gasteiger partial charge on any atom is -0.491 e. The number of hydrogen-bond acceptors (Lipinski definition) is 6. The van der Waals surface area contributed by atoms with Crippen LogP contribution in [0.2, 0.25) is 0 Å². The average molecular weight is 582 g/mol. The van der Waals surface area contributed by atoms with Gasteiger partial charge in [0.15, 0.2) is 17.4 Å². The van der Waals surface area contributed by atoms with E-state index in [9.17, 15) is 13.6 Å². The predicted molar refractivity (Wildman–Crippen MR) is 161 cm³/mol. The van der Waals surface area contributed by atoms with Gasteiger partial charge in [-0.25, -0.2) is 13.5 Å². The van der Waals surface area contributed by atoms with Gasteiger partial charge in [0.25, 0.3) is 5.56 Å². The fourth-order valence-corrected chi connectivity index (χ4v) is 5.23. The molecular weight excluding hydrogens is 556 g/mol. The summed E-state index contributed by atoms with van der Waals surface area (Å²) in [6.07, 6.45) is 8.74. The number of benzene rings is 3. The first-order valence-electron chi connectivity index (χ1n) is 13.4. The maximum Gasteiger partial charge on any atom is 0.291 e. The van der Waals surface area contributed by atoms with Crippen LogP contribution in [0.5, 0.6) is 5.75 Å². The molecule has 3 aromatic heterocycles. The second-order valence-electron chi connectivity index (χ2n) is 9.53. The number of fused-ring (bicyclic) bond motifs is 1. The van der Waals surface area contributed by atoms with Crippen molar-refractivity contribution in [2.75, 3.05) is 6.61 Å². The van der Waals surface area contributed by atoms with Crippen molar-refractivity contribution in [3.05, 3.63) is 122 Å². The first kappa shape index (κ1) is 27.2. The number of unbranched alkanes of at least 4 members (excludes halogenated alkanes) is 1. The fourth-order valence-electron chi connectivity index (χ4n) is 4.33. The van der Waals surface area contributed by atoms with E-state index >= 15 is 0 Å². The Morgan fingerprint density at radius 2 is 1.79 bits per heavy atom. The van der Waals surface area contributed by atoms with Gasteiger partial charge in [-0.3, -0.25) is 4.79 Å². The van der Waals surface area contributed by atoms with Gasteiger partial charge in [0.1, 0.15) is 11.5 Å². The van der Waals surface area contributed by atoms with Crippen LogP contribution in [0.3, 0.4) is 0 Å². The molecule has 0 aliphatic carbocycles. The molecule has 0 aliphatic heterocycles. The molecule has 3 aromatic carbocycles. The van der Waals surface area contributed by atoms with Crippen molar-refractivity contribution >= 4 is 34.5 Å². The fraction of sp³-hybridized carbons (Fsp3) is 0.125. The van der Waals surface area contributed by atoms with Crippen molar-refractivity contribution in [3.63, 3.8) is 0 Å². The zero-order valence-corrected chi connectivity index (χ0v) is 23.4. The lowest BCUT2D eigenvalue weighted by atomic mass is 10.1. The molecule has 6 aromatic rings. The highest BCUT2D eigenvalue weighted by atomic mass is 32.1. The number of nitrogens with zero attached hydrogens (tertiary/aromatic N) is 5. The Bertz CT molecular complexity index is 2000. The third kappa shape index (κ3) is 5.75. The maximum absolute atomic E-state index is 15.0. The quantitative estimate of drug-likeness (QED) is 0.191. The molecule has 0 aliphatic rings. The summed E-state index contributed by atoms with van der Waals surface area (Å²) >= 11 is 1.20. The molecule has 0 amide bonds. The summed E-state index contributed by atoms with van der Waals surface area (Å²) in [5, 5.41) is 9.08. The molecule has 10 heteroatoms. The van der Waals surface area contributed by atoms with Crippen LogP contribution in [0.4, 0.5) is 8.78 Å². The molecule has 0 unspecified atom stereocenters. The van der Waals surface area contributed by atoms with Crippen LogP contribution in [-0.2, 0) is 0 Å². The second-order valence-corrected chi connectivity index (χ2v) is 10.5. The van der Waals surface area contributed by atoms with Crippen LogP contribution in [0, 0.1) is 11.6 Å². The number of aromatic nitrogens is 5. The van der Waals surface area contributed by atoms with E-state index in [2.05, 4.69) is 10.1 Å². The van der Waals surface area contributed by atoms with Crippen LogP contribution in [-0.4, -0.2) is 31.0 Å². The SMILES string of the molecule is CCCCOc1ccc(-c2nn(-c3ccccc3)cc2/C=c2\sc3nc(/C=C/c4ccc(F)cc4)nn3c2=O)cc1F. The van der Waals surface area contributed by atoms with E-state index < -0.39 is 5.82 Å². The van der Waals surface area contributed by atoms with Crippen LogP contribution in [0.1, 0.15) is 36.7 Å². The standard InChI is InChI=1S/C32H25F2N5O2S/c1-2-3-17-41-27-15-12-22(18-26(27)34)30-23(20-38(37-30)25-7-5-4-6-8-25)19-28-31(40)39-32(42-28)35-29(36-39)16-11-21-9-13-24(33)14-10-21/h4-16,18-20H,2-3,17H2,1H3/b16-11+,28-19-. The third-order valence-electron chi connectivity index (χ3n) is 6.50. The van der Waals surface area contributed by atoms with E-state index in [0.29, 0.717) is 38.7 Å². The number of rotatable bonds is 9. The van der Waals surface area contributed by atoms with Gasteiger partial charge in [-0.2, -0.15) is 14.6 Å². The van der Waals surface area contributed by atoms with Gasteiger partial charge in [-0.15, -0.1) is 5.10 Å². The Kier molecular flexibility index (Phi) is 7.70. The van der Waals surface area contributed by atoms with Crippen LogP contribution in [0.15, 0.2) is 83.8 Å². The monoisotopic (exact) mass is 581 g/mol. The Morgan fingerprint density at radius 1 is 0.976 bits per heavy atom. The molecule has 7 nitrogen and oxygen atoms in total. The summed E-state index contributed by atoms with van der Waals surface area (Å²) in [6, 6.07) is 20.3. The van der Waals surface area contributed by atoms with Gasteiger partial charge >= 0.3 is 0 Å². The van der Waals surface area contributed by atoms with E-state index in [1.165, 1.54) is 34.1 Å². The summed E-state index contributed by atoms with van der Waals surface area (Å²) in [5.74, 6) is -0.239.